The number of hydrogen-bond donors (Lipinski definition) is 0. The van der Waals surface area contributed by atoms with Gasteiger partial charge in [-0.3, -0.25) is 0 Å². The molecule has 1 aliphatic rings. The van der Waals surface area contributed by atoms with Crippen molar-refractivity contribution in [3.8, 4) is 11.5 Å². The van der Waals surface area contributed by atoms with Crippen LogP contribution in [0.4, 0.5) is 0 Å². The molecule has 0 N–H and O–H groups in total. The molecule has 0 spiro atoms. The molecule has 0 heterocycles. The van der Waals surface area contributed by atoms with Crippen LogP contribution in [0.1, 0.15) is 30.4 Å². The number of nitrogens with zero attached hydrogens (tertiary/aromatic N) is 1. The molecule has 0 unspecified atom stereocenters. The minimum absolute atomic E-state index is 0.381. The average Bonchev–Trinajstić information content (AvgIpc) is 2.43. The lowest BCUT2D eigenvalue weighted by molar-refractivity contribution is 0.173. The fourth-order valence-electron chi connectivity index (χ4n) is 2.78. The van der Waals surface area contributed by atoms with Gasteiger partial charge in [-0.1, -0.05) is 0 Å². The molecule has 0 saturated heterocycles. The van der Waals surface area contributed by atoms with Crippen molar-refractivity contribution in [2.45, 2.75) is 31.4 Å². The van der Waals surface area contributed by atoms with Crippen LogP contribution in [-0.2, 0) is 21.7 Å². The van der Waals surface area contributed by atoms with Crippen molar-refractivity contribution in [3.05, 3.63) is 23.3 Å². The molecule has 1 aromatic rings. The van der Waals surface area contributed by atoms with Crippen LogP contribution >= 0.6 is 0 Å². The lowest BCUT2D eigenvalue weighted by atomic mass is 9.70. The summed E-state index contributed by atoms with van der Waals surface area (Å²) in [6, 6.07) is 3.68. The van der Waals surface area contributed by atoms with E-state index in [4.69, 9.17) is 14.2 Å². The second-order valence-corrected chi connectivity index (χ2v) is 4.84. The predicted octanol–water partition coefficient (Wildman–Crippen LogP) is 2.57. The van der Waals surface area contributed by atoms with E-state index < -0.39 is 5.54 Å². The van der Waals surface area contributed by atoms with Crippen LogP contribution in [0.15, 0.2) is 17.1 Å². The normalized spacial score (nSPS) is 15.9. The summed E-state index contributed by atoms with van der Waals surface area (Å²) in [5, 5.41) is 0. The molecule has 1 fully saturated rings. The summed E-state index contributed by atoms with van der Waals surface area (Å²) in [5.41, 5.74) is 1.22. The van der Waals surface area contributed by atoms with Gasteiger partial charge in [0.05, 0.1) is 20.8 Å². The Morgan fingerprint density at radius 2 is 1.85 bits per heavy atom. The Morgan fingerprint density at radius 1 is 1.20 bits per heavy atom. The number of isocyanates is 1. The van der Waals surface area contributed by atoms with E-state index in [2.05, 4.69) is 4.99 Å². The van der Waals surface area contributed by atoms with Gasteiger partial charge in [-0.2, -0.15) is 4.99 Å². The van der Waals surface area contributed by atoms with E-state index in [9.17, 15) is 4.79 Å². The van der Waals surface area contributed by atoms with E-state index in [0.29, 0.717) is 12.4 Å². The Hall–Kier alpha value is -1.84. The van der Waals surface area contributed by atoms with Crippen LogP contribution in [-0.4, -0.2) is 27.4 Å². The first kappa shape index (κ1) is 14.6. The molecule has 5 heteroatoms. The van der Waals surface area contributed by atoms with E-state index in [1.54, 1.807) is 27.4 Å². The topological polar surface area (TPSA) is 57.1 Å². The quantitative estimate of drug-likeness (QED) is 0.592. The highest BCUT2D eigenvalue weighted by molar-refractivity contribution is 5.54. The van der Waals surface area contributed by atoms with E-state index in [0.717, 1.165) is 36.1 Å². The van der Waals surface area contributed by atoms with Gasteiger partial charge in [0.2, 0.25) is 6.08 Å². The first-order valence-corrected chi connectivity index (χ1v) is 6.54. The lowest BCUT2D eigenvalue weighted by Crippen LogP contribution is -2.33. The van der Waals surface area contributed by atoms with Gasteiger partial charge in [-0.25, -0.2) is 4.79 Å². The molecular formula is C15H19NO4. The highest BCUT2D eigenvalue weighted by Crippen LogP contribution is 2.51. The van der Waals surface area contributed by atoms with E-state index in [-0.39, 0.29) is 0 Å². The number of ether oxygens (including phenoxy) is 3. The van der Waals surface area contributed by atoms with E-state index in [1.807, 2.05) is 12.1 Å². The molecule has 108 valence electrons. The zero-order chi connectivity index (χ0) is 14.6. The number of carbonyl (C=O) groups excluding carboxylic acids is 1. The van der Waals surface area contributed by atoms with Gasteiger partial charge in [-0.15, -0.1) is 0 Å². The summed E-state index contributed by atoms with van der Waals surface area (Å²) >= 11 is 0. The predicted molar refractivity (Wildman–Crippen MR) is 73.9 cm³/mol. The minimum atomic E-state index is -0.546. The van der Waals surface area contributed by atoms with Gasteiger partial charge in [0, 0.05) is 18.2 Å². The monoisotopic (exact) mass is 277 g/mol. The van der Waals surface area contributed by atoms with Gasteiger partial charge in [-0.05, 0) is 31.4 Å². The minimum Gasteiger partial charge on any atom is -0.496 e. The zero-order valence-corrected chi connectivity index (χ0v) is 12.1. The first-order chi connectivity index (χ1) is 9.72. The summed E-state index contributed by atoms with van der Waals surface area (Å²) in [6.07, 6.45) is 4.35. The highest BCUT2D eigenvalue weighted by Gasteiger charge is 2.43. The molecular weight excluding hydrogens is 258 g/mol. The maximum absolute atomic E-state index is 10.8. The van der Waals surface area contributed by atoms with Crippen molar-refractivity contribution < 1.29 is 19.0 Å². The van der Waals surface area contributed by atoms with Crippen molar-refractivity contribution in [3.63, 3.8) is 0 Å². The molecule has 0 atom stereocenters. The maximum Gasteiger partial charge on any atom is 0.235 e. The molecule has 0 aromatic heterocycles. The fourth-order valence-corrected chi connectivity index (χ4v) is 2.78. The Labute approximate surface area is 118 Å². The molecule has 1 aromatic carbocycles. The molecule has 5 nitrogen and oxygen atoms in total. The third-order valence-electron chi connectivity index (χ3n) is 3.87. The van der Waals surface area contributed by atoms with Crippen LogP contribution in [0.25, 0.3) is 0 Å². The first-order valence-electron chi connectivity index (χ1n) is 6.54. The molecule has 0 amide bonds. The molecule has 0 radical (unpaired) electrons. The van der Waals surface area contributed by atoms with Crippen molar-refractivity contribution in [1.82, 2.24) is 0 Å². The van der Waals surface area contributed by atoms with Crippen LogP contribution in [0, 0.1) is 0 Å². The summed E-state index contributed by atoms with van der Waals surface area (Å²) in [6.45, 7) is 0.381. The Kier molecular flexibility index (Phi) is 4.42. The van der Waals surface area contributed by atoms with Gasteiger partial charge in [0.15, 0.2) is 0 Å². The molecule has 1 saturated carbocycles. The van der Waals surface area contributed by atoms with Gasteiger partial charge >= 0.3 is 0 Å². The summed E-state index contributed by atoms with van der Waals surface area (Å²) in [4.78, 5) is 14.9. The molecule has 2 rings (SSSR count). The molecule has 1 aliphatic carbocycles. The summed E-state index contributed by atoms with van der Waals surface area (Å²) in [5.74, 6) is 1.42. The summed E-state index contributed by atoms with van der Waals surface area (Å²) in [7, 11) is 4.85. The number of aliphatic imine (C=N–C) groups is 1. The van der Waals surface area contributed by atoms with E-state index >= 15 is 0 Å². The van der Waals surface area contributed by atoms with Crippen LogP contribution in [0.5, 0.6) is 11.5 Å². The fraction of sp³-hybridized carbons (Fsp3) is 0.533. The third-order valence-corrected chi connectivity index (χ3v) is 3.87. The number of benzene rings is 1. The molecule has 0 aliphatic heterocycles. The van der Waals surface area contributed by atoms with Crippen molar-refractivity contribution >= 4 is 6.08 Å². The number of rotatable bonds is 6. The maximum atomic E-state index is 10.8. The third kappa shape index (κ3) is 2.30. The van der Waals surface area contributed by atoms with Crippen molar-refractivity contribution in [2.24, 2.45) is 4.99 Å². The van der Waals surface area contributed by atoms with Gasteiger partial charge in [0.1, 0.15) is 17.0 Å². The Balaban J connectivity index is 2.66. The van der Waals surface area contributed by atoms with Gasteiger partial charge < -0.3 is 14.2 Å². The number of methoxy groups -OCH3 is 3. The second-order valence-electron chi connectivity index (χ2n) is 4.84. The highest BCUT2D eigenvalue weighted by atomic mass is 16.5. The van der Waals surface area contributed by atoms with E-state index in [1.165, 1.54) is 0 Å². The smallest absolute Gasteiger partial charge is 0.235 e. The summed E-state index contributed by atoms with van der Waals surface area (Å²) < 4.78 is 16.1. The lowest BCUT2D eigenvalue weighted by Gasteiger charge is -2.39. The average molecular weight is 277 g/mol. The Morgan fingerprint density at radius 3 is 2.30 bits per heavy atom. The molecule has 0 bridgehead atoms. The van der Waals surface area contributed by atoms with Crippen LogP contribution in [0.2, 0.25) is 0 Å². The standard InChI is InChI=1S/C15H19NO4/c1-18-9-11-12(19-2)5-6-13(20-3)14(11)15(16-10-17)7-4-8-15/h5-6H,4,7-9H2,1-3H3. The van der Waals surface area contributed by atoms with Crippen LogP contribution < -0.4 is 9.47 Å². The van der Waals surface area contributed by atoms with Crippen molar-refractivity contribution in [1.29, 1.82) is 0 Å². The second kappa shape index (κ2) is 6.07. The molecule has 20 heavy (non-hydrogen) atoms. The van der Waals surface area contributed by atoms with Crippen molar-refractivity contribution in [2.75, 3.05) is 21.3 Å². The zero-order valence-electron chi connectivity index (χ0n) is 12.1. The Bertz CT molecular complexity index is 531. The van der Waals surface area contributed by atoms with Gasteiger partial charge in [0.25, 0.3) is 0 Å². The SMILES string of the molecule is COCc1c(OC)ccc(OC)c1C1(N=C=O)CCC1. The van der Waals surface area contributed by atoms with Crippen LogP contribution in [0.3, 0.4) is 0 Å². The largest absolute Gasteiger partial charge is 0.496 e. The number of hydrogen-bond acceptors (Lipinski definition) is 5.